The summed E-state index contributed by atoms with van der Waals surface area (Å²) in [5.74, 6) is -0.0641. The Morgan fingerprint density at radius 2 is 2.00 bits per heavy atom. The van der Waals surface area contributed by atoms with Crippen LogP contribution in [0.25, 0.3) is 0 Å². The van der Waals surface area contributed by atoms with Crippen molar-refractivity contribution in [3.05, 3.63) is 30.3 Å². The third-order valence-corrected chi connectivity index (χ3v) is 6.76. The Bertz CT molecular complexity index is 809. The van der Waals surface area contributed by atoms with Gasteiger partial charge in [-0.2, -0.15) is 5.09 Å². The van der Waals surface area contributed by atoms with Gasteiger partial charge >= 0.3 is 13.7 Å². The molecule has 9 heteroatoms. The van der Waals surface area contributed by atoms with Crippen molar-refractivity contribution in [1.29, 1.82) is 0 Å². The second-order valence-corrected chi connectivity index (χ2v) is 10.8. The van der Waals surface area contributed by atoms with Crippen LogP contribution in [0, 0.1) is 11.3 Å². The van der Waals surface area contributed by atoms with E-state index in [9.17, 15) is 14.2 Å². The fraction of sp³-hybridized carbons (Fsp3) is 0.619. The first-order valence-electron chi connectivity index (χ1n) is 10.3. The number of rotatable bonds is 9. The first-order chi connectivity index (χ1) is 14.1. The Kier molecular flexibility index (Phi) is 7.02. The van der Waals surface area contributed by atoms with Gasteiger partial charge in [0.2, 0.25) is 0 Å². The van der Waals surface area contributed by atoms with Crippen LogP contribution in [0.1, 0.15) is 34.1 Å². The number of ether oxygens (including phenoxy) is 1. The Morgan fingerprint density at radius 1 is 1.30 bits per heavy atom. The molecule has 0 aliphatic carbocycles. The zero-order valence-corrected chi connectivity index (χ0v) is 18.9. The highest BCUT2D eigenvalue weighted by atomic mass is 31.2. The number of hydrogen-bond acceptors (Lipinski definition) is 7. The van der Waals surface area contributed by atoms with E-state index in [2.05, 4.69) is 5.09 Å². The Labute approximate surface area is 177 Å². The lowest BCUT2D eigenvalue weighted by atomic mass is 9.99. The maximum Gasteiger partial charge on any atom is 0.459 e. The second kappa shape index (κ2) is 9.18. The molecule has 0 spiro atoms. The van der Waals surface area contributed by atoms with Crippen LogP contribution in [0.4, 0.5) is 0 Å². The zero-order valence-electron chi connectivity index (χ0n) is 18.0. The smallest absolute Gasteiger partial charge is 0.459 e. The van der Waals surface area contributed by atoms with Gasteiger partial charge in [0, 0.05) is 12.5 Å². The lowest BCUT2D eigenvalue weighted by molar-refractivity contribution is -0.148. The summed E-state index contributed by atoms with van der Waals surface area (Å²) in [4.78, 5) is 26.8. The molecule has 30 heavy (non-hydrogen) atoms. The van der Waals surface area contributed by atoms with Crippen LogP contribution in [0.5, 0.6) is 5.75 Å². The molecule has 0 saturated carbocycles. The predicted molar refractivity (Wildman–Crippen MR) is 112 cm³/mol. The molecule has 2 aliphatic heterocycles. The molecule has 2 fully saturated rings. The molecule has 0 amide bonds. The van der Waals surface area contributed by atoms with Crippen LogP contribution < -0.4 is 9.61 Å². The van der Waals surface area contributed by atoms with Crippen LogP contribution in [-0.2, 0) is 23.4 Å². The first-order valence-corrected chi connectivity index (χ1v) is 11.8. The highest BCUT2D eigenvalue weighted by molar-refractivity contribution is 7.52. The third-order valence-electron chi connectivity index (χ3n) is 5.12. The number of carbonyl (C=O) groups is 2. The molecule has 5 atom stereocenters. The van der Waals surface area contributed by atoms with Gasteiger partial charge in [0.05, 0.1) is 19.3 Å². The summed E-state index contributed by atoms with van der Waals surface area (Å²) < 4.78 is 30.1. The number of Topliss-reactive ketones (excluding diaryl/α,β-unsaturated/α-hetero) is 1. The van der Waals surface area contributed by atoms with Crippen molar-refractivity contribution >= 4 is 19.5 Å². The van der Waals surface area contributed by atoms with Gasteiger partial charge in [-0.1, -0.05) is 39.0 Å². The Morgan fingerprint density at radius 3 is 2.60 bits per heavy atom. The molecule has 0 aromatic heterocycles. The first kappa shape index (κ1) is 22.9. The number of para-hydroxylation sites is 1. The van der Waals surface area contributed by atoms with E-state index in [1.807, 2.05) is 25.7 Å². The molecule has 2 heterocycles. The van der Waals surface area contributed by atoms with Crippen LogP contribution in [-0.4, -0.2) is 55.0 Å². The molecule has 0 radical (unpaired) electrons. The van der Waals surface area contributed by atoms with Crippen molar-refractivity contribution in [1.82, 2.24) is 9.99 Å². The van der Waals surface area contributed by atoms with Crippen LogP contribution in [0.3, 0.4) is 0 Å². The quantitative estimate of drug-likeness (QED) is 0.465. The minimum atomic E-state index is -3.95. The maximum atomic E-state index is 13.5. The van der Waals surface area contributed by atoms with Gasteiger partial charge in [-0.05, 0) is 37.4 Å². The van der Waals surface area contributed by atoms with Gasteiger partial charge in [0.1, 0.15) is 11.8 Å². The van der Waals surface area contributed by atoms with E-state index in [1.54, 1.807) is 37.3 Å². The van der Waals surface area contributed by atoms with E-state index in [4.69, 9.17) is 13.8 Å². The molecule has 2 unspecified atom stereocenters. The molecule has 2 aliphatic rings. The molecule has 1 aromatic rings. The maximum absolute atomic E-state index is 13.5. The number of hydrogen-bond donors (Lipinski definition) is 1. The largest absolute Gasteiger partial charge is 0.464 e. The van der Waals surface area contributed by atoms with Crippen molar-refractivity contribution in [2.75, 3.05) is 26.3 Å². The van der Waals surface area contributed by atoms with Crippen molar-refractivity contribution in [2.45, 2.75) is 46.2 Å². The highest BCUT2D eigenvalue weighted by Crippen LogP contribution is 2.46. The van der Waals surface area contributed by atoms with E-state index in [-0.39, 0.29) is 30.3 Å². The van der Waals surface area contributed by atoms with Crippen molar-refractivity contribution in [3.8, 4) is 5.75 Å². The molecule has 1 aromatic carbocycles. The number of benzene rings is 1. The zero-order chi connectivity index (χ0) is 21.9. The van der Waals surface area contributed by atoms with Crippen LogP contribution in [0.2, 0.25) is 0 Å². The van der Waals surface area contributed by atoms with Gasteiger partial charge in [0.15, 0.2) is 5.78 Å². The number of fused-ring (bicyclic) bond motifs is 2. The third kappa shape index (κ3) is 5.91. The number of ketones is 1. The Hall–Kier alpha value is -1.73. The number of piperidine rings is 1. The topological polar surface area (TPSA) is 94.2 Å². The molecule has 3 rings (SSSR count). The summed E-state index contributed by atoms with van der Waals surface area (Å²) in [6.45, 7) is 9.12. The minimum absolute atomic E-state index is 0.0345. The fourth-order valence-electron chi connectivity index (χ4n) is 3.52. The van der Waals surface area contributed by atoms with Crippen molar-refractivity contribution in [2.24, 2.45) is 11.3 Å². The minimum Gasteiger partial charge on any atom is -0.464 e. The van der Waals surface area contributed by atoms with E-state index >= 15 is 0 Å². The summed E-state index contributed by atoms with van der Waals surface area (Å²) in [6.07, 6.45) is 0.864. The molecular weight excluding hydrogens is 407 g/mol. The SMILES string of the molecule is C[C@H](NP(=O)(OC[C@H]1C(=O)[C@@H]2CCN1C2)Oc1ccccc1)C(=O)OCC(C)(C)C. The molecule has 2 bridgehead atoms. The van der Waals surface area contributed by atoms with E-state index in [1.165, 1.54) is 0 Å². The van der Waals surface area contributed by atoms with Crippen molar-refractivity contribution in [3.63, 3.8) is 0 Å². The summed E-state index contributed by atoms with van der Waals surface area (Å²) in [5, 5.41) is 2.67. The molecule has 8 nitrogen and oxygen atoms in total. The molecular formula is C21H31N2O6P. The number of nitrogens with zero attached hydrogens (tertiary/aromatic N) is 1. The summed E-state index contributed by atoms with van der Waals surface area (Å²) in [7, 11) is -3.95. The van der Waals surface area contributed by atoms with Gasteiger partial charge in [-0.3, -0.25) is 19.0 Å². The van der Waals surface area contributed by atoms with Crippen molar-refractivity contribution < 1.29 is 27.9 Å². The highest BCUT2D eigenvalue weighted by Gasteiger charge is 2.46. The fourth-order valence-corrected chi connectivity index (χ4v) is 5.02. The Balaban J connectivity index is 1.67. The molecule has 166 valence electrons. The summed E-state index contributed by atoms with van der Waals surface area (Å²) in [5.41, 5.74) is -0.188. The average molecular weight is 438 g/mol. The lowest BCUT2D eigenvalue weighted by Crippen LogP contribution is -2.41. The van der Waals surface area contributed by atoms with E-state index in [0.29, 0.717) is 5.75 Å². The summed E-state index contributed by atoms with van der Waals surface area (Å²) in [6, 6.07) is 7.23. The number of carbonyl (C=O) groups excluding carboxylic acids is 2. The van der Waals surface area contributed by atoms with Crippen LogP contribution >= 0.6 is 7.75 Å². The van der Waals surface area contributed by atoms with Crippen LogP contribution in [0.15, 0.2) is 30.3 Å². The van der Waals surface area contributed by atoms with Gasteiger partial charge in [-0.25, -0.2) is 4.57 Å². The lowest BCUT2D eigenvalue weighted by Gasteiger charge is -2.27. The monoisotopic (exact) mass is 438 g/mol. The van der Waals surface area contributed by atoms with E-state index in [0.717, 1.165) is 19.5 Å². The molecule has 2 saturated heterocycles. The number of nitrogens with one attached hydrogen (secondary N) is 1. The normalized spacial score (nSPS) is 26.3. The van der Waals surface area contributed by atoms with Gasteiger partial charge < -0.3 is 9.26 Å². The molecule has 1 N–H and O–H groups in total. The summed E-state index contributed by atoms with van der Waals surface area (Å²) >= 11 is 0. The van der Waals surface area contributed by atoms with Gasteiger partial charge in [-0.15, -0.1) is 0 Å². The van der Waals surface area contributed by atoms with Gasteiger partial charge in [0.25, 0.3) is 0 Å². The number of esters is 1. The second-order valence-electron chi connectivity index (χ2n) is 9.12. The predicted octanol–water partition coefficient (Wildman–Crippen LogP) is 3.03. The average Bonchev–Trinajstić information content (AvgIpc) is 3.26. The van der Waals surface area contributed by atoms with E-state index < -0.39 is 25.8 Å². The standard InChI is InChI=1S/C21H31N2O6P/c1-15(20(25)27-14-21(2,3)4)22-30(26,29-17-8-6-5-7-9-17)28-13-18-19(24)16-10-11-23(18)12-16/h5-9,15-16,18H,10-14H2,1-4H3,(H,22,26)/t15-,16+,18-,30?/m0/s1.